The van der Waals surface area contributed by atoms with E-state index in [0.717, 1.165) is 0 Å². The van der Waals surface area contributed by atoms with E-state index in [1.165, 1.54) is 37.5 Å². The molecule has 1 aromatic rings. The van der Waals surface area contributed by atoms with Crippen molar-refractivity contribution in [1.29, 1.82) is 0 Å². The molecule has 0 saturated heterocycles. The molecule has 7 nitrogen and oxygen atoms in total. The molecule has 0 saturated carbocycles. The third kappa shape index (κ3) is 5.18. The number of methoxy groups -OCH3 is 1. The van der Waals surface area contributed by atoms with Crippen molar-refractivity contribution in [2.45, 2.75) is 44.5 Å². The molecule has 2 rings (SSSR count). The van der Waals surface area contributed by atoms with Crippen molar-refractivity contribution >= 4 is 17.8 Å². The lowest BCUT2D eigenvalue weighted by atomic mass is 10.0. The van der Waals surface area contributed by atoms with Crippen LogP contribution in [0.15, 0.2) is 30.4 Å². The van der Waals surface area contributed by atoms with Crippen LogP contribution >= 0.6 is 0 Å². The number of hydrogen-bond donors (Lipinski definition) is 3. The first-order chi connectivity index (χ1) is 12.9. The number of ketones is 1. The Bertz CT molecular complexity index is 751. The first-order valence-electron chi connectivity index (χ1n) is 8.72. The van der Waals surface area contributed by atoms with Gasteiger partial charge in [-0.05, 0) is 30.5 Å². The number of fused-ring (bicyclic) bond motifs is 1. The van der Waals surface area contributed by atoms with Crippen LogP contribution in [-0.2, 0) is 9.53 Å². The van der Waals surface area contributed by atoms with E-state index in [1.54, 1.807) is 6.07 Å². The molecule has 1 aromatic carbocycles. The highest BCUT2D eigenvalue weighted by atomic mass is 16.5. The maximum Gasteiger partial charge on any atom is 0.342 e. The second-order valence-corrected chi connectivity index (χ2v) is 6.24. The number of cyclic esters (lactones) is 1. The van der Waals surface area contributed by atoms with Crippen LogP contribution in [0.2, 0.25) is 0 Å². The fraction of sp³-hybridized carbons (Fsp3) is 0.400. The molecule has 0 aromatic heterocycles. The van der Waals surface area contributed by atoms with Crippen molar-refractivity contribution in [2.24, 2.45) is 0 Å². The van der Waals surface area contributed by atoms with Gasteiger partial charge in [0.15, 0.2) is 5.78 Å². The molecule has 1 aliphatic heterocycles. The van der Waals surface area contributed by atoms with Crippen molar-refractivity contribution in [3.63, 3.8) is 0 Å². The average molecular weight is 376 g/mol. The Balaban J connectivity index is 2.47. The number of aliphatic hydroxyl groups is 2. The maximum atomic E-state index is 12.6. The molecule has 27 heavy (non-hydrogen) atoms. The van der Waals surface area contributed by atoms with E-state index in [1.807, 2.05) is 6.92 Å². The van der Waals surface area contributed by atoms with Gasteiger partial charge in [0.05, 0.1) is 13.2 Å². The summed E-state index contributed by atoms with van der Waals surface area (Å²) in [6.45, 7) is 1.82. The minimum absolute atomic E-state index is 0.0161. The summed E-state index contributed by atoms with van der Waals surface area (Å²) in [6, 6.07) is 2.86. The van der Waals surface area contributed by atoms with E-state index in [2.05, 4.69) is 0 Å². The topological polar surface area (TPSA) is 113 Å². The molecular weight excluding hydrogens is 352 g/mol. The summed E-state index contributed by atoms with van der Waals surface area (Å²) in [6.07, 6.45) is 3.06. The van der Waals surface area contributed by atoms with Gasteiger partial charge in [-0.15, -0.1) is 0 Å². The number of carbonyl (C=O) groups is 2. The van der Waals surface area contributed by atoms with Gasteiger partial charge in [-0.1, -0.05) is 25.2 Å². The largest absolute Gasteiger partial charge is 0.507 e. The number of hydrogen-bond acceptors (Lipinski definition) is 7. The summed E-state index contributed by atoms with van der Waals surface area (Å²) in [4.78, 5) is 24.5. The van der Waals surface area contributed by atoms with Crippen LogP contribution in [0.5, 0.6) is 11.5 Å². The lowest BCUT2D eigenvalue weighted by molar-refractivity contribution is -0.127. The van der Waals surface area contributed by atoms with Gasteiger partial charge < -0.3 is 24.8 Å². The van der Waals surface area contributed by atoms with Crippen molar-refractivity contribution in [1.82, 2.24) is 0 Å². The second kappa shape index (κ2) is 9.34. The number of aromatic hydroxyl groups is 1. The van der Waals surface area contributed by atoms with E-state index in [-0.39, 0.29) is 24.2 Å². The van der Waals surface area contributed by atoms with E-state index >= 15 is 0 Å². The molecule has 0 spiro atoms. The Labute approximate surface area is 157 Å². The van der Waals surface area contributed by atoms with Crippen molar-refractivity contribution in [3.05, 3.63) is 41.5 Å². The fourth-order valence-corrected chi connectivity index (χ4v) is 2.69. The number of carbonyl (C=O) groups excluding carboxylic acids is 2. The molecule has 146 valence electrons. The quantitative estimate of drug-likeness (QED) is 0.677. The van der Waals surface area contributed by atoms with Crippen molar-refractivity contribution in [2.75, 3.05) is 7.11 Å². The lowest BCUT2D eigenvalue weighted by Gasteiger charge is -2.18. The summed E-state index contributed by atoms with van der Waals surface area (Å²) in [5.41, 5.74) is 0.324. The van der Waals surface area contributed by atoms with Crippen LogP contribution < -0.4 is 4.74 Å². The molecule has 0 aliphatic carbocycles. The number of phenolic OH excluding ortho intramolecular Hbond substituents is 1. The number of rotatable bonds is 2. The monoisotopic (exact) mass is 376 g/mol. The summed E-state index contributed by atoms with van der Waals surface area (Å²) in [7, 11) is 1.43. The predicted molar refractivity (Wildman–Crippen MR) is 98.6 cm³/mol. The molecule has 0 radical (unpaired) electrons. The molecule has 1 heterocycles. The SMILES string of the molecule is CC[C@H]1C/C=C\C(=O)[C@@H](O)[C@@H](O)C/C=C/c2cc(OC)cc(O)c2C(=O)O1. The highest BCUT2D eigenvalue weighted by molar-refractivity contribution is 5.97. The van der Waals surface area contributed by atoms with Gasteiger partial charge in [0.25, 0.3) is 0 Å². The summed E-state index contributed by atoms with van der Waals surface area (Å²) in [5.74, 6) is -1.25. The van der Waals surface area contributed by atoms with Crippen LogP contribution in [0.4, 0.5) is 0 Å². The van der Waals surface area contributed by atoms with Gasteiger partial charge in [-0.2, -0.15) is 0 Å². The van der Waals surface area contributed by atoms with Gasteiger partial charge in [0, 0.05) is 12.5 Å². The number of phenols is 1. The third-order valence-corrected chi connectivity index (χ3v) is 4.30. The van der Waals surface area contributed by atoms with E-state index in [9.17, 15) is 24.9 Å². The summed E-state index contributed by atoms with van der Waals surface area (Å²) in [5, 5.41) is 30.2. The number of ether oxygens (including phenoxy) is 2. The first-order valence-corrected chi connectivity index (χ1v) is 8.72. The van der Waals surface area contributed by atoms with Crippen molar-refractivity contribution < 1.29 is 34.4 Å². The molecule has 1 aliphatic rings. The second-order valence-electron chi connectivity index (χ2n) is 6.24. The Kier molecular flexibility index (Phi) is 7.15. The van der Waals surface area contributed by atoms with Crippen LogP contribution in [0.3, 0.4) is 0 Å². The van der Waals surface area contributed by atoms with Crippen LogP contribution in [0.1, 0.15) is 42.1 Å². The Morgan fingerprint density at radius 1 is 1.15 bits per heavy atom. The first kappa shape index (κ1) is 20.7. The predicted octanol–water partition coefficient (Wildman–Crippen LogP) is 1.99. The number of benzene rings is 1. The van der Waals surface area contributed by atoms with Gasteiger partial charge in [0.2, 0.25) is 0 Å². The average Bonchev–Trinajstić information content (AvgIpc) is 2.64. The Morgan fingerprint density at radius 2 is 1.85 bits per heavy atom. The van der Waals surface area contributed by atoms with Gasteiger partial charge in [-0.25, -0.2) is 4.79 Å². The fourth-order valence-electron chi connectivity index (χ4n) is 2.69. The summed E-state index contributed by atoms with van der Waals surface area (Å²) < 4.78 is 10.6. The number of aliphatic hydroxyl groups excluding tert-OH is 2. The molecule has 0 bridgehead atoms. The lowest BCUT2D eigenvalue weighted by Crippen LogP contribution is -2.32. The Hall–Kier alpha value is -2.64. The molecule has 3 atom stereocenters. The molecule has 3 N–H and O–H groups in total. The molecule has 7 heteroatoms. The normalized spacial score (nSPS) is 26.4. The highest BCUT2D eigenvalue weighted by Crippen LogP contribution is 2.30. The van der Waals surface area contributed by atoms with Gasteiger partial charge in [0.1, 0.15) is 29.3 Å². The van der Waals surface area contributed by atoms with Gasteiger partial charge >= 0.3 is 5.97 Å². The zero-order valence-corrected chi connectivity index (χ0v) is 15.3. The van der Waals surface area contributed by atoms with Crippen molar-refractivity contribution in [3.8, 4) is 11.5 Å². The molecule has 0 fully saturated rings. The molecular formula is C20H24O7. The zero-order valence-electron chi connectivity index (χ0n) is 15.3. The van der Waals surface area contributed by atoms with Gasteiger partial charge in [-0.3, -0.25) is 4.79 Å². The highest BCUT2D eigenvalue weighted by Gasteiger charge is 2.24. The summed E-state index contributed by atoms with van der Waals surface area (Å²) >= 11 is 0. The third-order valence-electron chi connectivity index (χ3n) is 4.30. The smallest absolute Gasteiger partial charge is 0.342 e. The number of esters is 1. The standard InChI is InChI=1S/C20H24O7/c1-3-13-7-5-9-16(22)19(24)15(21)8-4-6-12-10-14(26-2)11-17(23)18(12)20(25)27-13/h4-6,9-11,13,15,19,21,23-24H,3,7-8H2,1-2H3/b6-4+,9-5-/t13-,15-,19-/m0/s1. The van der Waals surface area contributed by atoms with Crippen LogP contribution in [0.25, 0.3) is 6.08 Å². The minimum atomic E-state index is -1.55. The van der Waals surface area contributed by atoms with Crippen LogP contribution in [-0.4, -0.2) is 52.5 Å². The molecule has 0 unspecified atom stereocenters. The van der Waals surface area contributed by atoms with Crippen LogP contribution in [0, 0.1) is 0 Å². The minimum Gasteiger partial charge on any atom is -0.507 e. The zero-order chi connectivity index (χ0) is 20.0. The Morgan fingerprint density at radius 3 is 2.52 bits per heavy atom. The van der Waals surface area contributed by atoms with E-state index in [4.69, 9.17) is 9.47 Å². The maximum absolute atomic E-state index is 12.6. The van der Waals surface area contributed by atoms with E-state index < -0.39 is 30.1 Å². The molecule has 0 amide bonds. The van der Waals surface area contributed by atoms with E-state index in [0.29, 0.717) is 17.7 Å².